The van der Waals surface area contributed by atoms with Crippen LogP contribution in [0.3, 0.4) is 0 Å². The molecule has 0 amide bonds. The van der Waals surface area contributed by atoms with E-state index in [1.165, 1.54) is 38.4 Å². The van der Waals surface area contributed by atoms with Crippen molar-refractivity contribution in [1.29, 1.82) is 0 Å². The fourth-order valence-electron chi connectivity index (χ4n) is 8.69. The van der Waals surface area contributed by atoms with Gasteiger partial charge in [-0.25, -0.2) is 4.98 Å². The van der Waals surface area contributed by atoms with Gasteiger partial charge in [-0.05, 0) is 52.6 Å². The van der Waals surface area contributed by atoms with Crippen molar-refractivity contribution in [2.75, 3.05) is 0 Å². The lowest BCUT2D eigenvalue weighted by atomic mass is 9.82. The van der Waals surface area contributed by atoms with Crippen LogP contribution in [-0.2, 0) is 5.41 Å². The molecule has 3 heterocycles. The zero-order valence-electron chi connectivity index (χ0n) is 29.3. The molecule has 0 N–H and O–H groups in total. The largest absolute Gasteiger partial charge is 0.307 e. The van der Waals surface area contributed by atoms with Crippen LogP contribution in [0, 0.1) is 0 Å². The summed E-state index contributed by atoms with van der Waals surface area (Å²) in [5, 5.41) is 4.72. The fourth-order valence-corrected chi connectivity index (χ4v) is 8.69. The number of benzene rings is 7. The van der Waals surface area contributed by atoms with E-state index in [0.29, 0.717) is 17.6 Å². The van der Waals surface area contributed by atoms with E-state index in [9.17, 15) is 0 Å². The molecule has 7 aromatic carbocycles. The number of hydrogen-bond donors (Lipinski definition) is 0. The van der Waals surface area contributed by atoms with Gasteiger partial charge >= 0.3 is 0 Å². The van der Waals surface area contributed by atoms with Crippen molar-refractivity contribution >= 4 is 43.6 Å². The highest BCUT2D eigenvalue weighted by Crippen LogP contribution is 2.51. The molecule has 5 nitrogen and oxygen atoms in total. The van der Waals surface area contributed by atoms with E-state index in [1.54, 1.807) is 0 Å². The smallest absolute Gasteiger partial charge is 0.238 e. The van der Waals surface area contributed by atoms with Crippen LogP contribution in [0.15, 0.2) is 164 Å². The second-order valence-electron chi connectivity index (χ2n) is 14.5. The van der Waals surface area contributed by atoms with E-state index in [2.05, 4.69) is 150 Å². The molecule has 0 fully saturated rings. The fraction of sp³-hybridized carbons (Fsp3) is 0.0625. The highest BCUT2D eigenvalue weighted by molar-refractivity contribution is 6.24. The normalized spacial score (nSPS) is 13.2. The van der Waals surface area contributed by atoms with Crippen molar-refractivity contribution in [1.82, 2.24) is 24.1 Å². The van der Waals surface area contributed by atoms with E-state index < -0.39 is 0 Å². The predicted octanol–water partition coefficient (Wildman–Crippen LogP) is 11.7. The molecule has 0 radical (unpaired) electrons. The second kappa shape index (κ2) is 11.1. The molecule has 11 rings (SSSR count). The van der Waals surface area contributed by atoms with Crippen molar-refractivity contribution in [2.24, 2.45) is 0 Å². The number of para-hydroxylation sites is 2. The lowest BCUT2D eigenvalue weighted by Crippen LogP contribution is -2.14. The molecule has 0 saturated carbocycles. The molecule has 3 aromatic heterocycles. The summed E-state index contributed by atoms with van der Waals surface area (Å²) >= 11 is 0. The minimum absolute atomic E-state index is 0.147. The first-order valence-corrected chi connectivity index (χ1v) is 18.1. The van der Waals surface area contributed by atoms with Crippen molar-refractivity contribution in [3.8, 4) is 45.5 Å². The molecular formula is C48H33N5. The quantitative estimate of drug-likeness (QED) is 0.186. The van der Waals surface area contributed by atoms with Crippen LogP contribution in [0.5, 0.6) is 0 Å². The third-order valence-corrected chi connectivity index (χ3v) is 11.2. The van der Waals surface area contributed by atoms with Gasteiger partial charge in [0, 0.05) is 43.8 Å². The van der Waals surface area contributed by atoms with E-state index in [-0.39, 0.29) is 5.41 Å². The van der Waals surface area contributed by atoms with Gasteiger partial charge in [0.25, 0.3) is 0 Å². The first-order chi connectivity index (χ1) is 26.1. The van der Waals surface area contributed by atoms with Gasteiger partial charge in [-0.15, -0.1) is 0 Å². The third-order valence-electron chi connectivity index (χ3n) is 11.2. The van der Waals surface area contributed by atoms with Gasteiger partial charge in [-0.1, -0.05) is 147 Å². The molecule has 53 heavy (non-hydrogen) atoms. The van der Waals surface area contributed by atoms with Crippen molar-refractivity contribution in [3.05, 3.63) is 175 Å². The third kappa shape index (κ3) is 4.28. The molecular weight excluding hydrogens is 647 g/mol. The number of nitrogens with zero attached hydrogens (tertiary/aromatic N) is 5. The van der Waals surface area contributed by atoms with Crippen LogP contribution >= 0.6 is 0 Å². The number of fused-ring (bicyclic) bond motifs is 10. The first kappa shape index (κ1) is 29.8. The summed E-state index contributed by atoms with van der Waals surface area (Å²) in [4.78, 5) is 15.7. The van der Waals surface area contributed by atoms with Crippen LogP contribution in [0.25, 0.3) is 89.2 Å². The van der Waals surface area contributed by atoms with Crippen LogP contribution in [-0.4, -0.2) is 24.1 Å². The highest BCUT2D eigenvalue weighted by atomic mass is 15.2. The van der Waals surface area contributed by atoms with Crippen LogP contribution in [0.1, 0.15) is 25.0 Å². The molecule has 0 saturated heterocycles. The second-order valence-corrected chi connectivity index (χ2v) is 14.5. The van der Waals surface area contributed by atoms with Gasteiger partial charge in [0.2, 0.25) is 5.95 Å². The zero-order chi connectivity index (χ0) is 35.3. The first-order valence-electron chi connectivity index (χ1n) is 18.1. The number of aromatic nitrogens is 5. The van der Waals surface area contributed by atoms with Gasteiger partial charge in [-0.2, -0.15) is 9.97 Å². The summed E-state index contributed by atoms with van der Waals surface area (Å²) in [5.74, 6) is 1.85. The Kier molecular flexibility index (Phi) is 6.23. The van der Waals surface area contributed by atoms with Gasteiger partial charge in [0.05, 0.1) is 22.1 Å². The van der Waals surface area contributed by atoms with Gasteiger partial charge in [0.1, 0.15) is 0 Å². The molecule has 0 aliphatic heterocycles. The van der Waals surface area contributed by atoms with Crippen LogP contribution in [0.2, 0.25) is 0 Å². The summed E-state index contributed by atoms with van der Waals surface area (Å²) < 4.78 is 4.72. The number of rotatable bonds is 4. The van der Waals surface area contributed by atoms with E-state index in [1.807, 2.05) is 36.4 Å². The summed E-state index contributed by atoms with van der Waals surface area (Å²) in [6, 6.07) is 58.1. The van der Waals surface area contributed by atoms with E-state index in [4.69, 9.17) is 15.0 Å². The van der Waals surface area contributed by atoms with Gasteiger partial charge in [-0.3, -0.25) is 4.57 Å². The molecule has 1 aliphatic rings. The molecule has 10 aromatic rings. The average Bonchev–Trinajstić information content (AvgIpc) is 3.81. The molecule has 0 spiro atoms. The Morgan fingerprint density at radius 3 is 1.68 bits per heavy atom. The summed E-state index contributed by atoms with van der Waals surface area (Å²) in [6.07, 6.45) is 0. The monoisotopic (exact) mass is 679 g/mol. The maximum Gasteiger partial charge on any atom is 0.238 e. The molecule has 0 atom stereocenters. The van der Waals surface area contributed by atoms with E-state index in [0.717, 1.165) is 44.3 Å². The maximum atomic E-state index is 5.33. The summed E-state index contributed by atoms with van der Waals surface area (Å²) in [7, 11) is 0. The minimum atomic E-state index is -0.147. The molecule has 250 valence electrons. The summed E-state index contributed by atoms with van der Waals surface area (Å²) in [6.45, 7) is 4.69. The lowest BCUT2D eigenvalue weighted by Gasteiger charge is -2.21. The Balaban J connectivity index is 1.35. The van der Waals surface area contributed by atoms with Crippen LogP contribution < -0.4 is 0 Å². The minimum Gasteiger partial charge on any atom is -0.307 e. The zero-order valence-corrected chi connectivity index (χ0v) is 29.3. The molecule has 0 bridgehead atoms. The van der Waals surface area contributed by atoms with Gasteiger partial charge in [0.15, 0.2) is 11.6 Å². The molecule has 0 unspecified atom stereocenters. The van der Waals surface area contributed by atoms with Crippen molar-refractivity contribution < 1.29 is 0 Å². The van der Waals surface area contributed by atoms with Crippen molar-refractivity contribution in [2.45, 2.75) is 19.3 Å². The van der Waals surface area contributed by atoms with Crippen molar-refractivity contribution in [3.63, 3.8) is 0 Å². The molecule has 5 heteroatoms. The maximum absolute atomic E-state index is 5.33. The SMILES string of the molecule is CC1(C)c2ccccc2-c2cc3c(cc21)c1ccc2c4ccccc4n(-c4ccccc4)c2c1n3-c1nc(-c2ccccc2)nc(-c2ccccc2)n1. The average molecular weight is 680 g/mol. The topological polar surface area (TPSA) is 48.5 Å². The van der Waals surface area contributed by atoms with E-state index >= 15 is 0 Å². The Hall–Kier alpha value is -6.85. The Morgan fingerprint density at radius 1 is 0.415 bits per heavy atom. The standard InChI is InChI=1S/C48H33N5/c1-48(2)39-24-14-12-22-33(39)37-29-42-38(28-40(37)48)36-27-26-35-34-23-13-15-25-41(34)52(32-20-10-5-11-21-32)43(35)44(36)53(42)47-50-45(30-16-6-3-7-17-30)49-46(51-47)31-18-8-4-9-19-31/h3-29H,1-2H3. The lowest BCUT2D eigenvalue weighted by molar-refractivity contribution is 0.661. The molecule has 1 aliphatic carbocycles. The van der Waals surface area contributed by atoms with Gasteiger partial charge < -0.3 is 4.57 Å². The highest BCUT2D eigenvalue weighted by Gasteiger charge is 2.36. The predicted molar refractivity (Wildman–Crippen MR) is 217 cm³/mol. The Morgan fingerprint density at radius 2 is 0.981 bits per heavy atom. The Bertz CT molecular complexity index is 3010. The number of hydrogen-bond acceptors (Lipinski definition) is 3. The summed E-state index contributed by atoms with van der Waals surface area (Å²) in [5.41, 5.74) is 12.4. The van der Waals surface area contributed by atoms with Crippen LogP contribution in [0.4, 0.5) is 0 Å². The Labute approximate surface area is 306 Å².